The summed E-state index contributed by atoms with van der Waals surface area (Å²) in [4.78, 5) is 0. The van der Waals surface area contributed by atoms with Crippen molar-refractivity contribution in [1.82, 2.24) is 5.32 Å². The lowest BCUT2D eigenvalue weighted by Crippen LogP contribution is -2.20. The topological polar surface area (TPSA) is 12.0 Å². The van der Waals surface area contributed by atoms with Crippen LogP contribution in [-0.2, 0) is 6.54 Å². The maximum Gasteiger partial charge on any atom is 0.0406 e. The lowest BCUT2D eigenvalue weighted by molar-refractivity contribution is 0.569. The van der Waals surface area contributed by atoms with Crippen LogP contribution in [0.15, 0.2) is 36.4 Å². The van der Waals surface area contributed by atoms with Crippen LogP contribution in [0.1, 0.15) is 40.8 Å². The molecule has 0 aliphatic rings. The van der Waals surface area contributed by atoms with Gasteiger partial charge in [0.2, 0.25) is 0 Å². The maximum atomic E-state index is 5.91. The van der Waals surface area contributed by atoms with Crippen molar-refractivity contribution < 1.29 is 0 Å². The van der Waals surface area contributed by atoms with Crippen LogP contribution in [0.25, 0.3) is 0 Å². The predicted molar refractivity (Wildman–Crippen MR) is 87.4 cm³/mol. The van der Waals surface area contributed by atoms with E-state index in [0.717, 1.165) is 11.6 Å². The van der Waals surface area contributed by atoms with Gasteiger partial charge in [-0.25, -0.2) is 0 Å². The lowest BCUT2D eigenvalue weighted by atomic mass is 9.95. The van der Waals surface area contributed by atoms with Crippen molar-refractivity contribution in [2.45, 2.75) is 40.3 Å². The molecule has 106 valence electrons. The molecule has 0 heterocycles. The monoisotopic (exact) mass is 287 g/mol. The van der Waals surface area contributed by atoms with Gasteiger partial charge in [-0.1, -0.05) is 41.4 Å². The molecule has 0 spiro atoms. The minimum Gasteiger partial charge on any atom is -0.306 e. The molecule has 0 aromatic heterocycles. The Kier molecular flexibility index (Phi) is 4.85. The number of aryl methyl sites for hydroxylation is 3. The zero-order chi connectivity index (χ0) is 14.7. The van der Waals surface area contributed by atoms with E-state index in [4.69, 9.17) is 11.6 Å². The van der Waals surface area contributed by atoms with Gasteiger partial charge in [-0.3, -0.25) is 0 Å². The highest BCUT2D eigenvalue weighted by Crippen LogP contribution is 2.23. The summed E-state index contributed by atoms with van der Waals surface area (Å²) in [6, 6.07) is 12.8. The molecule has 0 radical (unpaired) electrons. The van der Waals surface area contributed by atoms with E-state index < -0.39 is 0 Å². The van der Waals surface area contributed by atoms with Gasteiger partial charge in [-0.15, -0.1) is 0 Å². The highest BCUT2D eigenvalue weighted by atomic mass is 35.5. The van der Waals surface area contributed by atoms with Gasteiger partial charge in [0.15, 0.2) is 0 Å². The van der Waals surface area contributed by atoms with Crippen molar-refractivity contribution in [1.29, 1.82) is 0 Å². The van der Waals surface area contributed by atoms with Gasteiger partial charge in [0.25, 0.3) is 0 Å². The Hall–Kier alpha value is -1.31. The molecule has 2 aromatic rings. The number of hydrogen-bond donors (Lipinski definition) is 1. The van der Waals surface area contributed by atoms with Crippen molar-refractivity contribution in [2.75, 3.05) is 0 Å². The third-order valence-electron chi connectivity index (χ3n) is 3.70. The van der Waals surface area contributed by atoms with Crippen LogP contribution in [0.5, 0.6) is 0 Å². The van der Waals surface area contributed by atoms with Crippen LogP contribution in [0.4, 0.5) is 0 Å². The second-order valence-electron chi connectivity index (χ2n) is 5.54. The Labute approximate surface area is 127 Å². The van der Waals surface area contributed by atoms with Crippen LogP contribution in [0.3, 0.4) is 0 Å². The van der Waals surface area contributed by atoms with Crippen LogP contribution in [-0.4, -0.2) is 0 Å². The molecule has 2 heteroatoms. The van der Waals surface area contributed by atoms with Gasteiger partial charge in [0.05, 0.1) is 0 Å². The first-order valence-electron chi connectivity index (χ1n) is 7.03. The first-order valence-corrected chi connectivity index (χ1v) is 7.40. The highest BCUT2D eigenvalue weighted by Gasteiger charge is 2.11. The summed E-state index contributed by atoms with van der Waals surface area (Å²) in [6.45, 7) is 9.60. The van der Waals surface area contributed by atoms with E-state index in [1.54, 1.807) is 0 Å². The number of benzene rings is 2. The van der Waals surface area contributed by atoms with E-state index in [-0.39, 0.29) is 0 Å². The second-order valence-corrected chi connectivity index (χ2v) is 5.98. The van der Waals surface area contributed by atoms with Gasteiger partial charge in [-0.2, -0.15) is 0 Å². The molecule has 0 aliphatic heterocycles. The van der Waals surface area contributed by atoms with E-state index in [1.165, 1.54) is 27.8 Å². The van der Waals surface area contributed by atoms with Crippen molar-refractivity contribution in [3.8, 4) is 0 Å². The molecule has 1 atom stereocenters. The van der Waals surface area contributed by atoms with E-state index in [1.807, 2.05) is 12.1 Å². The Balaban J connectivity index is 2.09. The third-order valence-corrected chi connectivity index (χ3v) is 3.95. The molecular formula is C18H22ClN. The first-order chi connectivity index (χ1) is 9.47. The molecule has 0 fully saturated rings. The number of halogens is 1. The van der Waals surface area contributed by atoms with Gasteiger partial charge in [-0.05, 0) is 62.1 Å². The van der Waals surface area contributed by atoms with E-state index in [9.17, 15) is 0 Å². The summed E-state index contributed by atoms with van der Waals surface area (Å²) in [5.41, 5.74) is 6.71. The lowest BCUT2D eigenvalue weighted by Gasteiger charge is -2.20. The zero-order valence-electron chi connectivity index (χ0n) is 12.6. The van der Waals surface area contributed by atoms with Crippen LogP contribution in [0.2, 0.25) is 5.02 Å². The first kappa shape index (κ1) is 15.1. The standard InChI is InChI=1S/C18H22ClN/c1-12-9-13(2)18(14(3)10-12)15(4)20-11-16-5-7-17(19)8-6-16/h5-10,15,20H,11H2,1-4H3. The summed E-state index contributed by atoms with van der Waals surface area (Å²) < 4.78 is 0. The second kappa shape index (κ2) is 6.43. The summed E-state index contributed by atoms with van der Waals surface area (Å²) in [5, 5.41) is 4.38. The van der Waals surface area contributed by atoms with Crippen molar-refractivity contribution in [3.05, 3.63) is 69.2 Å². The fraction of sp³-hybridized carbons (Fsp3) is 0.333. The Bertz CT molecular complexity index is 564. The van der Waals surface area contributed by atoms with Crippen LogP contribution in [0, 0.1) is 20.8 Å². The predicted octanol–water partition coefficient (Wildman–Crippen LogP) is 5.12. The van der Waals surface area contributed by atoms with Gasteiger partial charge >= 0.3 is 0 Å². The summed E-state index contributed by atoms with van der Waals surface area (Å²) in [7, 11) is 0. The molecule has 0 bridgehead atoms. The van der Waals surface area contributed by atoms with E-state index in [0.29, 0.717) is 6.04 Å². The quantitative estimate of drug-likeness (QED) is 0.823. The minimum absolute atomic E-state index is 0.339. The molecular weight excluding hydrogens is 266 g/mol. The molecule has 0 aliphatic carbocycles. The Morgan fingerprint density at radius 3 is 2.10 bits per heavy atom. The van der Waals surface area contributed by atoms with Crippen LogP contribution >= 0.6 is 11.6 Å². The summed E-state index contributed by atoms with van der Waals surface area (Å²) in [6.07, 6.45) is 0. The largest absolute Gasteiger partial charge is 0.306 e. The number of hydrogen-bond acceptors (Lipinski definition) is 1. The smallest absolute Gasteiger partial charge is 0.0406 e. The molecule has 2 rings (SSSR count). The molecule has 1 unspecified atom stereocenters. The van der Waals surface area contributed by atoms with Gasteiger partial charge < -0.3 is 5.32 Å². The number of rotatable bonds is 4. The molecule has 20 heavy (non-hydrogen) atoms. The molecule has 0 saturated heterocycles. The Morgan fingerprint density at radius 1 is 1.00 bits per heavy atom. The third kappa shape index (κ3) is 3.62. The van der Waals surface area contributed by atoms with Crippen LogP contribution < -0.4 is 5.32 Å². The number of nitrogens with one attached hydrogen (secondary N) is 1. The highest BCUT2D eigenvalue weighted by molar-refractivity contribution is 6.30. The summed E-state index contributed by atoms with van der Waals surface area (Å²) in [5.74, 6) is 0. The fourth-order valence-corrected chi connectivity index (χ4v) is 2.98. The van der Waals surface area contributed by atoms with E-state index in [2.05, 4.69) is 57.3 Å². The molecule has 0 saturated carbocycles. The SMILES string of the molecule is Cc1cc(C)c(C(C)NCc2ccc(Cl)cc2)c(C)c1. The van der Waals surface area contributed by atoms with Gasteiger partial charge in [0, 0.05) is 17.6 Å². The maximum absolute atomic E-state index is 5.91. The average Bonchev–Trinajstić information content (AvgIpc) is 2.37. The summed E-state index contributed by atoms with van der Waals surface area (Å²) >= 11 is 5.91. The normalized spacial score (nSPS) is 12.4. The molecule has 1 N–H and O–H groups in total. The van der Waals surface area contributed by atoms with Crippen molar-refractivity contribution >= 4 is 11.6 Å². The fourth-order valence-electron chi connectivity index (χ4n) is 2.85. The van der Waals surface area contributed by atoms with Crippen molar-refractivity contribution in [2.24, 2.45) is 0 Å². The Morgan fingerprint density at radius 2 is 1.55 bits per heavy atom. The van der Waals surface area contributed by atoms with Gasteiger partial charge in [0.1, 0.15) is 0 Å². The van der Waals surface area contributed by atoms with E-state index >= 15 is 0 Å². The van der Waals surface area contributed by atoms with Crippen molar-refractivity contribution in [3.63, 3.8) is 0 Å². The molecule has 1 nitrogen and oxygen atoms in total. The minimum atomic E-state index is 0.339. The molecule has 0 amide bonds. The average molecular weight is 288 g/mol. The zero-order valence-corrected chi connectivity index (χ0v) is 13.4. The molecule has 2 aromatic carbocycles.